The smallest absolute Gasteiger partial charge is 0.157 e. The lowest BCUT2D eigenvalue weighted by molar-refractivity contribution is 0.283. The number of anilines is 1. The molecule has 3 heterocycles. The van der Waals surface area contributed by atoms with Crippen molar-refractivity contribution in [3.05, 3.63) is 83.4 Å². The first-order valence-electron chi connectivity index (χ1n) is 11.8. The Kier molecular flexibility index (Phi) is 6.10. The number of piperazine rings is 1. The Morgan fingerprint density at radius 1 is 1.00 bits per heavy atom. The zero-order valence-corrected chi connectivity index (χ0v) is 19.1. The Bertz CT molecular complexity index is 1320. The van der Waals surface area contributed by atoms with Crippen LogP contribution in [-0.2, 0) is 6.42 Å². The maximum atomic E-state index is 9.94. The third-order valence-electron chi connectivity index (χ3n) is 6.44. The van der Waals surface area contributed by atoms with Crippen LogP contribution in [0, 0.1) is 11.3 Å². The van der Waals surface area contributed by atoms with Crippen LogP contribution in [-0.4, -0.2) is 47.0 Å². The normalized spacial score (nSPS) is 15.0. The van der Waals surface area contributed by atoms with Crippen molar-refractivity contribution < 1.29 is 0 Å². The van der Waals surface area contributed by atoms with Gasteiger partial charge in [-0.25, -0.2) is 4.98 Å². The fourth-order valence-electron chi connectivity index (χ4n) is 4.74. The van der Waals surface area contributed by atoms with Gasteiger partial charge in [0.25, 0.3) is 0 Å². The van der Waals surface area contributed by atoms with Crippen LogP contribution in [0.1, 0.15) is 30.0 Å². The van der Waals surface area contributed by atoms with Crippen molar-refractivity contribution in [2.24, 2.45) is 0 Å². The van der Waals surface area contributed by atoms with Gasteiger partial charge in [-0.3, -0.25) is 9.30 Å². The van der Waals surface area contributed by atoms with Gasteiger partial charge in [-0.05, 0) is 35.7 Å². The van der Waals surface area contributed by atoms with E-state index in [4.69, 9.17) is 4.98 Å². The molecule has 0 atom stereocenters. The fourth-order valence-corrected chi connectivity index (χ4v) is 4.74. The van der Waals surface area contributed by atoms with Gasteiger partial charge in [0.2, 0.25) is 0 Å². The van der Waals surface area contributed by atoms with Crippen LogP contribution < -0.4 is 4.90 Å². The SMILES string of the molecule is CCCc1cc(N2CCN(C/C=C/c3ccccc3)CC2)n2c(nc3ccccc32)c1C#N. The minimum atomic E-state index is 0.710. The van der Waals surface area contributed by atoms with E-state index >= 15 is 0 Å². The van der Waals surface area contributed by atoms with Gasteiger partial charge in [0, 0.05) is 32.7 Å². The number of nitrogens with zero attached hydrogens (tertiary/aromatic N) is 5. The van der Waals surface area contributed by atoms with Gasteiger partial charge in [-0.2, -0.15) is 5.26 Å². The van der Waals surface area contributed by atoms with Gasteiger partial charge in [-0.1, -0.05) is 68.0 Å². The molecule has 5 heteroatoms. The third kappa shape index (κ3) is 4.22. The molecule has 5 rings (SSSR count). The van der Waals surface area contributed by atoms with E-state index in [2.05, 4.69) is 75.7 Å². The molecule has 1 saturated heterocycles. The molecular weight excluding hydrogens is 406 g/mol. The Hall–Kier alpha value is -3.62. The molecule has 0 bridgehead atoms. The van der Waals surface area contributed by atoms with Crippen molar-refractivity contribution in [3.63, 3.8) is 0 Å². The molecule has 0 unspecified atom stereocenters. The molecule has 0 saturated carbocycles. The predicted molar refractivity (Wildman–Crippen MR) is 136 cm³/mol. The highest BCUT2D eigenvalue weighted by Gasteiger charge is 2.23. The van der Waals surface area contributed by atoms with Gasteiger partial charge >= 0.3 is 0 Å². The molecule has 0 aliphatic carbocycles. The van der Waals surface area contributed by atoms with Gasteiger partial charge in [0.1, 0.15) is 11.9 Å². The molecule has 1 aliphatic heterocycles. The van der Waals surface area contributed by atoms with Crippen LogP contribution in [0.2, 0.25) is 0 Å². The molecule has 33 heavy (non-hydrogen) atoms. The summed E-state index contributed by atoms with van der Waals surface area (Å²) in [4.78, 5) is 9.82. The first-order valence-corrected chi connectivity index (χ1v) is 11.8. The second-order valence-electron chi connectivity index (χ2n) is 8.62. The largest absolute Gasteiger partial charge is 0.355 e. The molecule has 0 N–H and O–H groups in total. The lowest BCUT2D eigenvalue weighted by Crippen LogP contribution is -2.47. The van der Waals surface area contributed by atoms with Gasteiger partial charge < -0.3 is 4.90 Å². The lowest BCUT2D eigenvalue weighted by Gasteiger charge is -2.36. The molecule has 2 aromatic heterocycles. The number of rotatable bonds is 6. The van der Waals surface area contributed by atoms with Crippen LogP contribution in [0.3, 0.4) is 0 Å². The van der Waals surface area contributed by atoms with E-state index in [9.17, 15) is 5.26 Å². The fraction of sp³-hybridized carbons (Fsp3) is 0.286. The number of hydrogen-bond donors (Lipinski definition) is 0. The minimum absolute atomic E-state index is 0.710. The number of nitriles is 1. The Morgan fingerprint density at radius 3 is 2.52 bits per heavy atom. The van der Waals surface area contributed by atoms with Crippen molar-refractivity contribution in [2.45, 2.75) is 19.8 Å². The number of benzene rings is 2. The molecule has 1 fully saturated rings. The van der Waals surface area contributed by atoms with E-state index in [1.54, 1.807) is 0 Å². The summed E-state index contributed by atoms with van der Waals surface area (Å²) in [6, 6.07) is 23.3. The summed E-state index contributed by atoms with van der Waals surface area (Å²) in [5.41, 5.74) is 5.84. The molecule has 4 aromatic rings. The number of pyridine rings is 1. The number of para-hydroxylation sites is 2. The van der Waals surface area contributed by atoms with Crippen LogP contribution in [0.15, 0.2) is 66.7 Å². The summed E-state index contributed by atoms with van der Waals surface area (Å²) in [5, 5.41) is 9.94. The predicted octanol–water partition coefficient (Wildman–Crippen LogP) is 5.15. The van der Waals surface area contributed by atoms with Gasteiger partial charge in [0.15, 0.2) is 5.65 Å². The van der Waals surface area contributed by atoms with E-state index in [1.807, 2.05) is 24.3 Å². The maximum Gasteiger partial charge on any atom is 0.157 e. The quantitative estimate of drug-likeness (QED) is 0.420. The number of hydrogen-bond acceptors (Lipinski definition) is 4. The van der Waals surface area contributed by atoms with E-state index in [1.165, 1.54) is 5.56 Å². The highest BCUT2D eigenvalue weighted by Crippen LogP contribution is 2.30. The molecule has 0 amide bonds. The van der Waals surface area contributed by atoms with Crippen molar-refractivity contribution in [3.8, 4) is 6.07 Å². The molecule has 5 nitrogen and oxygen atoms in total. The van der Waals surface area contributed by atoms with Crippen molar-refractivity contribution >= 4 is 28.6 Å². The summed E-state index contributed by atoms with van der Waals surface area (Å²) in [6.07, 6.45) is 6.35. The van der Waals surface area contributed by atoms with Gasteiger partial charge in [-0.15, -0.1) is 0 Å². The van der Waals surface area contributed by atoms with E-state index in [0.717, 1.165) is 73.6 Å². The number of aromatic nitrogens is 2. The van der Waals surface area contributed by atoms with Crippen molar-refractivity contribution in [1.29, 1.82) is 5.26 Å². The number of aryl methyl sites for hydroxylation is 1. The first-order chi connectivity index (χ1) is 16.3. The average Bonchev–Trinajstić information content (AvgIpc) is 3.24. The Balaban J connectivity index is 1.42. The van der Waals surface area contributed by atoms with Crippen LogP contribution >= 0.6 is 0 Å². The topological polar surface area (TPSA) is 47.6 Å². The Morgan fingerprint density at radius 2 is 1.76 bits per heavy atom. The highest BCUT2D eigenvalue weighted by molar-refractivity contribution is 5.85. The summed E-state index contributed by atoms with van der Waals surface area (Å²) >= 11 is 0. The minimum Gasteiger partial charge on any atom is -0.355 e. The summed E-state index contributed by atoms with van der Waals surface area (Å²) in [5.74, 6) is 1.15. The Labute approximate surface area is 195 Å². The van der Waals surface area contributed by atoms with E-state index < -0.39 is 0 Å². The summed E-state index contributed by atoms with van der Waals surface area (Å²) < 4.78 is 2.19. The second-order valence-corrected chi connectivity index (χ2v) is 8.62. The lowest BCUT2D eigenvalue weighted by atomic mass is 10.1. The average molecular weight is 436 g/mol. The summed E-state index contributed by atoms with van der Waals surface area (Å²) in [7, 11) is 0. The maximum absolute atomic E-state index is 9.94. The monoisotopic (exact) mass is 435 g/mol. The van der Waals surface area contributed by atoms with Gasteiger partial charge in [0.05, 0.1) is 16.6 Å². The van der Waals surface area contributed by atoms with Crippen LogP contribution in [0.25, 0.3) is 22.8 Å². The van der Waals surface area contributed by atoms with Crippen molar-refractivity contribution in [1.82, 2.24) is 14.3 Å². The molecule has 0 spiro atoms. The second kappa shape index (κ2) is 9.48. The first kappa shape index (κ1) is 21.2. The van der Waals surface area contributed by atoms with Crippen molar-refractivity contribution in [2.75, 3.05) is 37.6 Å². The van der Waals surface area contributed by atoms with E-state index in [0.29, 0.717) is 5.56 Å². The zero-order chi connectivity index (χ0) is 22.6. The molecule has 1 aliphatic rings. The standard InChI is InChI=1S/C28H29N5/c1-2-9-23-20-27(33-26-14-7-6-13-25(26)30-28(33)24(23)21-29)32-18-16-31(17-19-32)15-8-12-22-10-4-3-5-11-22/h3-8,10-14,20H,2,9,15-19H2,1H3/b12-8+. The number of imidazole rings is 1. The molecule has 166 valence electrons. The van der Waals surface area contributed by atoms with Crippen LogP contribution in [0.4, 0.5) is 5.82 Å². The highest BCUT2D eigenvalue weighted by atomic mass is 15.3. The molecule has 2 aromatic carbocycles. The third-order valence-corrected chi connectivity index (χ3v) is 6.44. The molecular formula is C28H29N5. The molecule has 0 radical (unpaired) electrons. The number of fused-ring (bicyclic) bond motifs is 3. The van der Waals surface area contributed by atoms with Crippen LogP contribution in [0.5, 0.6) is 0 Å². The van der Waals surface area contributed by atoms with E-state index in [-0.39, 0.29) is 0 Å². The zero-order valence-electron chi connectivity index (χ0n) is 19.1. The summed E-state index contributed by atoms with van der Waals surface area (Å²) in [6.45, 7) is 7.05.